The topological polar surface area (TPSA) is 107 Å². The van der Waals surface area contributed by atoms with Crippen molar-refractivity contribution in [1.29, 1.82) is 0 Å². The zero-order chi connectivity index (χ0) is 18.8. The highest BCUT2D eigenvalue weighted by atomic mass is 16.6. The van der Waals surface area contributed by atoms with Crippen LogP contribution in [0.1, 0.15) is 44.6 Å². The fourth-order valence-corrected chi connectivity index (χ4v) is 3.26. The smallest absolute Gasteiger partial charge is 0.306 e. The number of rotatable bonds is 5. The van der Waals surface area contributed by atoms with Crippen molar-refractivity contribution in [1.82, 2.24) is 0 Å². The third kappa shape index (κ3) is 4.04. The van der Waals surface area contributed by atoms with Crippen molar-refractivity contribution in [2.24, 2.45) is 5.41 Å². The highest BCUT2D eigenvalue weighted by Crippen LogP contribution is 2.43. The molecule has 7 nitrogen and oxygen atoms in total. The normalized spacial score (nSPS) is 18.0. The van der Waals surface area contributed by atoms with Gasteiger partial charge < -0.3 is 9.84 Å². The number of hydrogen-bond acceptors (Lipinski definition) is 6. The van der Waals surface area contributed by atoms with Crippen LogP contribution in [0.15, 0.2) is 35.6 Å². The van der Waals surface area contributed by atoms with Crippen molar-refractivity contribution in [3.8, 4) is 0 Å². The average molecular weight is 347 g/mol. The Labute approximate surface area is 145 Å². The van der Waals surface area contributed by atoms with E-state index in [1.54, 1.807) is 6.07 Å². The van der Waals surface area contributed by atoms with E-state index in [4.69, 9.17) is 0 Å². The van der Waals surface area contributed by atoms with Crippen LogP contribution in [-0.2, 0) is 14.3 Å². The van der Waals surface area contributed by atoms with Gasteiger partial charge in [0.2, 0.25) is 0 Å². The van der Waals surface area contributed by atoms with Crippen molar-refractivity contribution in [3.63, 3.8) is 0 Å². The maximum Gasteiger partial charge on any atom is 0.306 e. The van der Waals surface area contributed by atoms with Gasteiger partial charge in [0.1, 0.15) is 5.76 Å². The summed E-state index contributed by atoms with van der Waals surface area (Å²) in [6.45, 7) is 3.72. The van der Waals surface area contributed by atoms with Crippen LogP contribution in [0.2, 0.25) is 0 Å². The number of benzene rings is 1. The lowest BCUT2D eigenvalue weighted by molar-refractivity contribution is -0.385. The van der Waals surface area contributed by atoms with Crippen LogP contribution in [0.4, 0.5) is 5.69 Å². The van der Waals surface area contributed by atoms with E-state index in [-0.39, 0.29) is 47.6 Å². The van der Waals surface area contributed by atoms with Gasteiger partial charge in [-0.15, -0.1) is 0 Å². The summed E-state index contributed by atoms with van der Waals surface area (Å²) in [5.41, 5.74) is -0.316. The van der Waals surface area contributed by atoms with Crippen molar-refractivity contribution in [2.75, 3.05) is 7.11 Å². The number of carbonyl (C=O) groups is 2. The van der Waals surface area contributed by atoms with Crippen LogP contribution in [0, 0.1) is 15.5 Å². The summed E-state index contributed by atoms with van der Waals surface area (Å²) in [6.07, 6.45) is 0.212. The fourth-order valence-electron chi connectivity index (χ4n) is 3.26. The Morgan fingerprint density at radius 3 is 2.56 bits per heavy atom. The Morgan fingerprint density at radius 1 is 1.36 bits per heavy atom. The number of hydrogen-bond donors (Lipinski definition) is 1. The first-order chi connectivity index (χ1) is 11.7. The lowest BCUT2D eigenvalue weighted by Gasteiger charge is -2.32. The molecule has 1 N–H and O–H groups in total. The summed E-state index contributed by atoms with van der Waals surface area (Å²) in [6, 6.07) is 5.92. The summed E-state index contributed by atoms with van der Waals surface area (Å²) >= 11 is 0. The second-order valence-electron chi connectivity index (χ2n) is 6.95. The summed E-state index contributed by atoms with van der Waals surface area (Å²) in [5, 5.41) is 21.8. The van der Waals surface area contributed by atoms with E-state index in [9.17, 15) is 24.8 Å². The minimum absolute atomic E-state index is 0.0685. The zero-order valence-electron chi connectivity index (χ0n) is 14.4. The van der Waals surface area contributed by atoms with E-state index in [1.165, 1.54) is 25.3 Å². The zero-order valence-corrected chi connectivity index (χ0v) is 14.4. The molecule has 0 radical (unpaired) electrons. The molecule has 0 bridgehead atoms. The van der Waals surface area contributed by atoms with Gasteiger partial charge in [0.05, 0.1) is 18.5 Å². The number of ether oxygens (including phenoxy) is 1. The summed E-state index contributed by atoms with van der Waals surface area (Å²) in [7, 11) is 1.21. The quantitative estimate of drug-likeness (QED) is 0.497. The van der Waals surface area contributed by atoms with Crippen LogP contribution in [0.3, 0.4) is 0 Å². The van der Waals surface area contributed by atoms with Crippen molar-refractivity contribution >= 4 is 17.4 Å². The van der Waals surface area contributed by atoms with E-state index >= 15 is 0 Å². The molecule has 0 aromatic heterocycles. The predicted molar refractivity (Wildman–Crippen MR) is 90.1 cm³/mol. The Kier molecular flexibility index (Phi) is 5.25. The molecule has 1 atom stereocenters. The van der Waals surface area contributed by atoms with Crippen molar-refractivity contribution in [2.45, 2.75) is 39.0 Å². The second-order valence-corrected chi connectivity index (χ2v) is 6.95. The van der Waals surface area contributed by atoms with Crippen LogP contribution in [0.25, 0.3) is 0 Å². The number of Topliss-reactive ketones (excluding diaryl/α,β-unsaturated/α-hetero) is 1. The number of nitro benzene ring substituents is 1. The second kappa shape index (κ2) is 7.04. The molecule has 134 valence electrons. The largest absolute Gasteiger partial charge is 0.512 e. The van der Waals surface area contributed by atoms with Gasteiger partial charge in [-0.2, -0.15) is 0 Å². The Bertz CT molecular complexity index is 750. The highest BCUT2D eigenvalue weighted by Gasteiger charge is 2.39. The molecule has 0 amide bonds. The molecule has 1 aliphatic carbocycles. The standard InChI is InChI=1S/C18H21NO6/c1-18(2)9-14(20)17(15(21)10-18)12(8-16(22)25-3)11-6-4-5-7-13(11)19(23)24/h4-7,12,20H,8-10H2,1-3H3. The number of nitrogens with zero attached hydrogens (tertiary/aromatic N) is 1. The van der Waals surface area contributed by atoms with Crippen molar-refractivity contribution < 1.29 is 24.4 Å². The number of nitro groups is 1. The van der Waals surface area contributed by atoms with Gasteiger partial charge in [0.25, 0.3) is 5.69 Å². The lowest BCUT2D eigenvalue weighted by atomic mass is 9.72. The third-order valence-corrected chi connectivity index (χ3v) is 4.35. The molecule has 0 saturated heterocycles. The predicted octanol–water partition coefficient (Wildman–Crippen LogP) is 3.44. The fraction of sp³-hybridized carbons (Fsp3) is 0.444. The molecular weight excluding hydrogens is 326 g/mol. The maximum atomic E-state index is 12.6. The van der Waals surface area contributed by atoms with Crippen LogP contribution in [-0.4, -0.2) is 28.9 Å². The first-order valence-corrected chi connectivity index (χ1v) is 7.91. The number of para-hydroxylation sites is 1. The average Bonchev–Trinajstić information content (AvgIpc) is 2.51. The molecular formula is C18H21NO6. The van der Waals surface area contributed by atoms with E-state index in [2.05, 4.69) is 4.74 Å². The molecule has 7 heteroatoms. The van der Waals surface area contributed by atoms with Gasteiger partial charge in [-0.1, -0.05) is 32.0 Å². The van der Waals surface area contributed by atoms with Gasteiger partial charge in [0.15, 0.2) is 5.78 Å². The first-order valence-electron chi connectivity index (χ1n) is 7.91. The van der Waals surface area contributed by atoms with Crippen molar-refractivity contribution in [3.05, 3.63) is 51.3 Å². The highest BCUT2D eigenvalue weighted by molar-refractivity contribution is 5.99. The van der Waals surface area contributed by atoms with Crippen LogP contribution >= 0.6 is 0 Å². The van der Waals surface area contributed by atoms with Gasteiger partial charge in [-0.05, 0) is 5.41 Å². The molecule has 1 aromatic rings. The molecule has 0 saturated carbocycles. The van der Waals surface area contributed by atoms with Gasteiger partial charge in [-0.3, -0.25) is 19.7 Å². The minimum Gasteiger partial charge on any atom is -0.512 e. The number of methoxy groups -OCH3 is 1. The van der Waals surface area contributed by atoms with Gasteiger partial charge >= 0.3 is 5.97 Å². The minimum atomic E-state index is -0.919. The molecule has 0 fully saturated rings. The van der Waals surface area contributed by atoms with Crippen LogP contribution in [0.5, 0.6) is 0 Å². The maximum absolute atomic E-state index is 12.6. The molecule has 1 aromatic carbocycles. The first kappa shape index (κ1) is 18.6. The third-order valence-electron chi connectivity index (χ3n) is 4.35. The molecule has 1 aliphatic rings. The molecule has 0 heterocycles. The van der Waals surface area contributed by atoms with E-state index < -0.39 is 22.2 Å². The summed E-state index contributed by atoms with van der Waals surface area (Å²) in [5.74, 6) is -1.95. The Balaban J connectivity index is 2.61. The molecule has 0 spiro atoms. The van der Waals surface area contributed by atoms with Gasteiger partial charge in [-0.25, -0.2) is 0 Å². The van der Waals surface area contributed by atoms with E-state index in [1.807, 2.05) is 13.8 Å². The number of esters is 1. The SMILES string of the molecule is COC(=O)CC(C1=C(O)CC(C)(C)CC1=O)c1ccccc1[N+](=O)[O-]. The van der Waals surface area contributed by atoms with Gasteiger partial charge in [0, 0.05) is 36.0 Å². The van der Waals surface area contributed by atoms with E-state index in [0.717, 1.165) is 0 Å². The monoisotopic (exact) mass is 347 g/mol. The number of aliphatic hydroxyl groups is 1. The van der Waals surface area contributed by atoms with Crippen LogP contribution < -0.4 is 0 Å². The van der Waals surface area contributed by atoms with E-state index in [0.29, 0.717) is 0 Å². The number of aliphatic hydroxyl groups excluding tert-OH is 1. The number of allylic oxidation sites excluding steroid dienone is 2. The Hall–Kier alpha value is -2.70. The molecule has 25 heavy (non-hydrogen) atoms. The molecule has 1 unspecified atom stereocenters. The summed E-state index contributed by atoms with van der Waals surface area (Å²) in [4.78, 5) is 35.3. The molecule has 2 rings (SSSR count). The lowest BCUT2D eigenvalue weighted by Crippen LogP contribution is -2.29. The number of ketones is 1. The molecule has 0 aliphatic heterocycles. The summed E-state index contributed by atoms with van der Waals surface area (Å²) < 4.78 is 4.68. The Morgan fingerprint density at radius 2 is 2.00 bits per heavy atom. The number of carbonyl (C=O) groups excluding carboxylic acids is 2.